The summed E-state index contributed by atoms with van der Waals surface area (Å²) in [5.41, 5.74) is 1.13. The molecule has 5 nitrogen and oxygen atoms in total. The maximum atomic E-state index is 10.1. The summed E-state index contributed by atoms with van der Waals surface area (Å²) < 4.78 is 6.99. The lowest BCUT2D eigenvalue weighted by Crippen LogP contribution is -2.41. The molecular formula is C12H20ClN3O2. The number of halogens is 1. The molecule has 0 aromatic carbocycles. The Labute approximate surface area is 112 Å². The van der Waals surface area contributed by atoms with Crippen molar-refractivity contribution >= 4 is 11.6 Å². The van der Waals surface area contributed by atoms with Gasteiger partial charge in [-0.1, -0.05) is 18.5 Å². The molecule has 0 amide bonds. The van der Waals surface area contributed by atoms with Gasteiger partial charge in [-0.2, -0.15) is 5.10 Å². The summed E-state index contributed by atoms with van der Waals surface area (Å²) in [6.07, 6.45) is 1.50. The van der Waals surface area contributed by atoms with E-state index in [1.807, 2.05) is 14.0 Å². The van der Waals surface area contributed by atoms with Gasteiger partial charge >= 0.3 is 0 Å². The highest BCUT2D eigenvalue weighted by atomic mass is 35.5. The molecule has 1 atom stereocenters. The summed E-state index contributed by atoms with van der Waals surface area (Å²) in [6, 6.07) is 0. The molecule has 0 aliphatic carbocycles. The molecule has 1 fully saturated rings. The Morgan fingerprint density at radius 3 is 2.94 bits per heavy atom. The number of nitrogens with one attached hydrogen (secondary N) is 1. The van der Waals surface area contributed by atoms with Crippen molar-refractivity contribution in [2.45, 2.75) is 31.9 Å². The first-order valence-corrected chi connectivity index (χ1v) is 6.64. The number of ether oxygens (including phenoxy) is 1. The van der Waals surface area contributed by atoms with Gasteiger partial charge < -0.3 is 15.2 Å². The van der Waals surface area contributed by atoms with E-state index >= 15 is 0 Å². The first kappa shape index (κ1) is 13.8. The normalized spacial score (nSPS) is 23.8. The lowest BCUT2D eigenvalue weighted by Gasteiger charge is -2.20. The number of aliphatic hydroxyl groups is 1. The second-order valence-electron chi connectivity index (χ2n) is 4.82. The Morgan fingerprint density at radius 1 is 1.61 bits per heavy atom. The van der Waals surface area contributed by atoms with E-state index in [2.05, 4.69) is 10.4 Å². The van der Waals surface area contributed by atoms with Gasteiger partial charge in [0.05, 0.1) is 23.0 Å². The first-order chi connectivity index (χ1) is 8.56. The molecule has 1 saturated heterocycles. The Morgan fingerprint density at radius 2 is 2.39 bits per heavy atom. The van der Waals surface area contributed by atoms with E-state index in [9.17, 15) is 5.11 Å². The number of hydrogen-bond donors (Lipinski definition) is 2. The SMILES string of the molecule is CCc1nn(C)c(CNCC2(O)CCOC2)c1Cl. The molecule has 18 heavy (non-hydrogen) atoms. The molecule has 1 aromatic rings. The second kappa shape index (κ2) is 5.57. The monoisotopic (exact) mass is 273 g/mol. The minimum atomic E-state index is -0.737. The number of hydrogen-bond acceptors (Lipinski definition) is 4. The third-order valence-corrected chi connectivity index (χ3v) is 3.77. The third kappa shape index (κ3) is 2.85. The van der Waals surface area contributed by atoms with Crippen LogP contribution in [0.3, 0.4) is 0 Å². The van der Waals surface area contributed by atoms with E-state index in [0.717, 1.165) is 22.8 Å². The van der Waals surface area contributed by atoms with Crippen molar-refractivity contribution in [1.82, 2.24) is 15.1 Å². The van der Waals surface area contributed by atoms with Crippen LogP contribution in [0, 0.1) is 0 Å². The largest absolute Gasteiger partial charge is 0.386 e. The van der Waals surface area contributed by atoms with Gasteiger partial charge in [-0.15, -0.1) is 0 Å². The van der Waals surface area contributed by atoms with Gasteiger partial charge in [0.1, 0.15) is 5.60 Å². The molecule has 0 radical (unpaired) electrons. The standard InChI is InChI=1S/C12H20ClN3O2/c1-3-9-11(13)10(16(2)15-9)6-14-7-12(17)4-5-18-8-12/h14,17H,3-8H2,1-2H3. The van der Waals surface area contributed by atoms with Crippen molar-refractivity contribution in [1.29, 1.82) is 0 Å². The maximum Gasteiger partial charge on any atom is 0.103 e. The van der Waals surface area contributed by atoms with Crippen LogP contribution in [-0.2, 0) is 24.8 Å². The highest BCUT2D eigenvalue weighted by Gasteiger charge is 2.31. The highest BCUT2D eigenvalue weighted by molar-refractivity contribution is 6.31. The molecular weight excluding hydrogens is 254 g/mol. The molecule has 1 aromatic heterocycles. The van der Waals surface area contributed by atoms with Crippen LogP contribution >= 0.6 is 11.6 Å². The molecule has 1 aliphatic rings. The summed E-state index contributed by atoms with van der Waals surface area (Å²) in [6.45, 7) is 4.18. The Hall–Kier alpha value is -0.620. The highest BCUT2D eigenvalue weighted by Crippen LogP contribution is 2.21. The van der Waals surface area contributed by atoms with Gasteiger partial charge in [-0.25, -0.2) is 0 Å². The van der Waals surface area contributed by atoms with E-state index < -0.39 is 5.60 Å². The molecule has 2 N–H and O–H groups in total. The lowest BCUT2D eigenvalue weighted by molar-refractivity contribution is 0.0267. The van der Waals surface area contributed by atoms with Crippen LogP contribution in [0.1, 0.15) is 24.7 Å². The van der Waals surface area contributed by atoms with Crippen LogP contribution in [0.15, 0.2) is 0 Å². The lowest BCUT2D eigenvalue weighted by atomic mass is 10.0. The molecule has 6 heteroatoms. The first-order valence-electron chi connectivity index (χ1n) is 6.27. The van der Waals surface area contributed by atoms with Gasteiger partial charge in [0.2, 0.25) is 0 Å². The van der Waals surface area contributed by atoms with Crippen LogP contribution in [0.4, 0.5) is 0 Å². The predicted octanol–water partition coefficient (Wildman–Crippen LogP) is 0.877. The predicted molar refractivity (Wildman–Crippen MR) is 69.7 cm³/mol. The quantitative estimate of drug-likeness (QED) is 0.836. The smallest absolute Gasteiger partial charge is 0.103 e. The summed E-state index contributed by atoms with van der Waals surface area (Å²) in [7, 11) is 1.88. The summed E-state index contributed by atoms with van der Waals surface area (Å²) in [5, 5.41) is 18.4. The fourth-order valence-electron chi connectivity index (χ4n) is 2.16. The van der Waals surface area contributed by atoms with Gasteiger partial charge in [0, 0.05) is 33.2 Å². The molecule has 2 rings (SSSR count). The topological polar surface area (TPSA) is 59.3 Å². The minimum absolute atomic E-state index is 0.402. The van der Waals surface area contributed by atoms with Crippen LogP contribution in [-0.4, -0.2) is 40.2 Å². The molecule has 0 saturated carbocycles. The average Bonchev–Trinajstić information content (AvgIpc) is 2.87. The molecule has 102 valence electrons. The van der Waals surface area contributed by atoms with E-state index in [4.69, 9.17) is 16.3 Å². The zero-order valence-corrected chi connectivity index (χ0v) is 11.6. The molecule has 0 bridgehead atoms. The fraction of sp³-hybridized carbons (Fsp3) is 0.750. The molecule has 2 heterocycles. The van der Waals surface area contributed by atoms with Gasteiger partial charge in [-0.05, 0) is 6.42 Å². The summed E-state index contributed by atoms with van der Waals surface area (Å²) in [4.78, 5) is 0. The van der Waals surface area contributed by atoms with Crippen LogP contribution in [0.25, 0.3) is 0 Å². The number of rotatable bonds is 5. The van der Waals surface area contributed by atoms with Crippen LogP contribution in [0.5, 0.6) is 0 Å². The number of nitrogens with zero attached hydrogens (tertiary/aromatic N) is 2. The van der Waals surface area contributed by atoms with Gasteiger partial charge in [0.15, 0.2) is 0 Å². The Kier molecular flexibility index (Phi) is 4.27. The van der Waals surface area contributed by atoms with Crippen LogP contribution < -0.4 is 5.32 Å². The van der Waals surface area contributed by atoms with E-state index in [1.165, 1.54) is 0 Å². The number of aromatic nitrogens is 2. The zero-order chi connectivity index (χ0) is 13.2. The Bertz CT molecular complexity index is 414. The van der Waals surface area contributed by atoms with E-state index in [0.29, 0.717) is 32.7 Å². The maximum absolute atomic E-state index is 10.1. The third-order valence-electron chi connectivity index (χ3n) is 3.33. The van der Waals surface area contributed by atoms with Gasteiger partial charge in [0.25, 0.3) is 0 Å². The van der Waals surface area contributed by atoms with Crippen molar-refractivity contribution in [3.63, 3.8) is 0 Å². The minimum Gasteiger partial charge on any atom is -0.386 e. The summed E-state index contributed by atoms with van der Waals surface area (Å²) in [5.74, 6) is 0. The molecule has 1 unspecified atom stereocenters. The molecule has 1 aliphatic heterocycles. The van der Waals surface area contributed by atoms with Crippen molar-refractivity contribution < 1.29 is 9.84 Å². The summed E-state index contributed by atoms with van der Waals surface area (Å²) >= 11 is 6.25. The van der Waals surface area contributed by atoms with Crippen LogP contribution in [0.2, 0.25) is 5.02 Å². The van der Waals surface area contributed by atoms with Crippen molar-refractivity contribution in [3.05, 3.63) is 16.4 Å². The second-order valence-corrected chi connectivity index (χ2v) is 5.19. The van der Waals surface area contributed by atoms with E-state index in [1.54, 1.807) is 4.68 Å². The number of aryl methyl sites for hydroxylation is 2. The van der Waals surface area contributed by atoms with E-state index in [-0.39, 0.29) is 0 Å². The average molecular weight is 274 g/mol. The van der Waals surface area contributed by atoms with Crippen molar-refractivity contribution in [2.24, 2.45) is 7.05 Å². The van der Waals surface area contributed by atoms with Crippen molar-refractivity contribution in [2.75, 3.05) is 19.8 Å². The molecule has 0 spiro atoms. The fourth-order valence-corrected chi connectivity index (χ4v) is 2.52. The zero-order valence-electron chi connectivity index (χ0n) is 10.9. The van der Waals surface area contributed by atoms with Gasteiger partial charge in [-0.3, -0.25) is 4.68 Å². The Balaban J connectivity index is 1.92. The van der Waals surface area contributed by atoms with Crippen molar-refractivity contribution in [3.8, 4) is 0 Å².